The highest BCUT2D eigenvalue weighted by molar-refractivity contribution is 5.30. The molecule has 2 aromatic heterocycles. The first-order valence-corrected chi connectivity index (χ1v) is 8.52. The van der Waals surface area contributed by atoms with Crippen molar-refractivity contribution in [3.05, 3.63) is 42.1 Å². The fourth-order valence-electron chi connectivity index (χ4n) is 4.12. The summed E-state index contributed by atoms with van der Waals surface area (Å²) in [6.07, 6.45) is 7.47. The smallest absolute Gasteiger partial charge is 0.225 e. The van der Waals surface area contributed by atoms with Crippen molar-refractivity contribution in [3.63, 3.8) is 0 Å². The molecule has 0 saturated carbocycles. The first kappa shape index (κ1) is 14.7. The minimum Gasteiger partial charge on any atom is -0.465 e. The van der Waals surface area contributed by atoms with Crippen molar-refractivity contribution in [2.45, 2.75) is 32.7 Å². The standard InChI is InChI=1S/C18H24N4O/c1-15-4-5-16(23-15)12-21-11-7-18(13-21)6-2-10-22(14-18)17-19-8-3-9-20-17/h3-5,8-9H,2,6-7,10-14H2,1H3/t18-/m0/s1. The molecule has 2 saturated heterocycles. The van der Waals surface area contributed by atoms with Crippen molar-refractivity contribution < 1.29 is 4.42 Å². The van der Waals surface area contributed by atoms with Gasteiger partial charge in [0.1, 0.15) is 11.5 Å². The van der Waals surface area contributed by atoms with E-state index in [0.717, 1.165) is 50.2 Å². The van der Waals surface area contributed by atoms with Gasteiger partial charge in [0.25, 0.3) is 0 Å². The Balaban J connectivity index is 1.42. The predicted octanol–water partition coefficient (Wildman–Crippen LogP) is 2.87. The molecule has 4 heterocycles. The number of anilines is 1. The number of aryl methyl sites for hydroxylation is 1. The quantitative estimate of drug-likeness (QED) is 0.872. The Morgan fingerprint density at radius 3 is 2.78 bits per heavy atom. The lowest BCUT2D eigenvalue weighted by Crippen LogP contribution is -2.45. The molecule has 2 aromatic rings. The lowest BCUT2D eigenvalue weighted by atomic mass is 9.79. The van der Waals surface area contributed by atoms with Gasteiger partial charge < -0.3 is 9.32 Å². The van der Waals surface area contributed by atoms with E-state index in [2.05, 4.69) is 31.9 Å². The van der Waals surface area contributed by atoms with E-state index in [1.54, 1.807) is 0 Å². The van der Waals surface area contributed by atoms with Gasteiger partial charge in [0.15, 0.2) is 0 Å². The number of piperidine rings is 1. The van der Waals surface area contributed by atoms with Crippen molar-refractivity contribution in [1.82, 2.24) is 14.9 Å². The Morgan fingerprint density at radius 2 is 2.00 bits per heavy atom. The van der Waals surface area contributed by atoms with E-state index in [1.807, 2.05) is 25.4 Å². The number of furan rings is 1. The molecule has 0 unspecified atom stereocenters. The van der Waals surface area contributed by atoms with E-state index in [9.17, 15) is 0 Å². The molecule has 4 rings (SSSR count). The zero-order valence-corrected chi connectivity index (χ0v) is 13.7. The molecule has 0 bridgehead atoms. The normalized spacial score (nSPS) is 25.3. The van der Waals surface area contributed by atoms with Crippen molar-refractivity contribution in [2.75, 3.05) is 31.1 Å². The average Bonchev–Trinajstić information content (AvgIpc) is 3.15. The summed E-state index contributed by atoms with van der Waals surface area (Å²) in [6.45, 7) is 7.39. The maximum atomic E-state index is 5.74. The number of likely N-dealkylation sites (tertiary alicyclic amines) is 1. The van der Waals surface area contributed by atoms with Crippen molar-refractivity contribution in [1.29, 1.82) is 0 Å². The second kappa shape index (κ2) is 5.96. The first-order valence-electron chi connectivity index (χ1n) is 8.52. The molecule has 5 heteroatoms. The Morgan fingerprint density at radius 1 is 1.13 bits per heavy atom. The van der Waals surface area contributed by atoms with E-state index in [4.69, 9.17) is 4.42 Å². The number of nitrogens with zero attached hydrogens (tertiary/aromatic N) is 4. The third-order valence-electron chi connectivity index (χ3n) is 5.19. The van der Waals surface area contributed by atoms with Crippen LogP contribution in [0, 0.1) is 12.3 Å². The fraction of sp³-hybridized carbons (Fsp3) is 0.556. The molecule has 1 spiro atoms. The highest BCUT2D eigenvalue weighted by Gasteiger charge is 2.41. The third kappa shape index (κ3) is 3.11. The predicted molar refractivity (Wildman–Crippen MR) is 89.3 cm³/mol. The van der Waals surface area contributed by atoms with Crippen molar-refractivity contribution in [2.24, 2.45) is 5.41 Å². The zero-order valence-electron chi connectivity index (χ0n) is 13.7. The number of rotatable bonds is 3. The Labute approximate surface area is 137 Å². The Hall–Kier alpha value is -1.88. The Kier molecular flexibility index (Phi) is 3.81. The van der Waals surface area contributed by atoms with Gasteiger partial charge in [0.2, 0.25) is 5.95 Å². The molecule has 0 radical (unpaired) electrons. The van der Waals surface area contributed by atoms with Crippen LogP contribution in [0.25, 0.3) is 0 Å². The highest BCUT2D eigenvalue weighted by Crippen LogP contribution is 2.40. The van der Waals surface area contributed by atoms with E-state index >= 15 is 0 Å². The van der Waals surface area contributed by atoms with Gasteiger partial charge in [-0.15, -0.1) is 0 Å². The van der Waals surface area contributed by atoms with Gasteiger partial charge in [-0.2, -0.15) is 0 Å². The van der Waals surface area contributed by atoms with Crippen molar-refractivity contribution >= 4 is 5.95 Å². The van der Waals surface area contributed by atoms with Gasteiger partial charge in [-0.3, -0.25) is 4.90 Å². The van der Waals surface area contributed by atoms with Gasteiger partial charge in [-0.1, -0.05) is 0 Å². The largest absolute Gasteiger partial charge is 0.465 e. The van der Waals surface area contributed by atoms with Crippen LogP contribution in [0.1, 0.15) is 30.8 Å². The van der Waals surface area contributed by atoms with Gasteiger partial charge >= 0.3 is 0 Å². The SMILES string of the molecule is Cc1ccc(CN2CC[C@@]3(CCCN(c4ncccn4)C3)C2)o1. The first-order chi connectivity index (χ1) is 11.2. The zero-order chi connectivity index (χ0) is 15.7. The summed E-state index contributed by atoms with van der Waals surface area (Å²) >= 11 is 0. The van der Waals surface area contributed by atoms with Gasteiger partial charge in [0.05, 0.1) is 6.54 Å². The Bertz CT molecular complexity index is 656. The maximum Gasteiger partial charge on any atom is 0.225 e. The third-order valence-corrected chi connectivity index (χ3v) is 5.19. The van der Waals surface area contributed by atoms with Crippen LogP contribution in [0.3, 0.4) is 0 Å². The summed E-state index contributed by atoms with van der Waals surface area (Å²) in [5.41, 5.74) is 0.388. The average molecular weight is 312 g/mol. The van der Waals surface area contributed by atoms with Crippen LogP contribution in [0.2, 0.25) is 0 Å². The molecule has 5 nitrogen and oxygen atoms in total. The summed E-state index contributed by atoms with van der Waals surface area (Å²) in [4.78, 5) is 13.8. The maximum absolute atomic E-state index is 5.74. The molecular formula is C18H24N4O. The van der Waals surface area contributed by atoms with Crippen LogP contribution in [0.5, 0.6) is 0 Å². The van der Waals surface area contributed by atoms with Crippen LogP contribution < -0.4 is 4.90 Å². The molecule has 2 aliphatic heterocycles. The van der Waals surface area contributed by atoms with Crippen LogP contribution in [0.4, 0.5) is 5.95 Å². The molecule has 0 aromatic carbocycles. The summed E-state index contributed by atoms with van der Waals surface area (Å²) in [7, 11) is 0. The monoisotopic (exact) mass is 312 g/mol. The molecule has 23 heavy (non-hydrogen) atoms. The van der Waals surface area contributed by atoms with E-state index in [-0.39, 0.29) is 0 Å². The summed E-state index contributed by atoms with van der Waals surface area (Å²) in [5.74, 6) is 2.96. The summed E-state index contributed by atoms with van der Waals surface area (Å²) in [6, 6.07) is 6.04. The molecule has 0 amide bonds. The minimum absolute atomic E-state index is 0.388. The van der Waals surface area contributed by atoms with E-state index in [0.29, 0.717) is 5.41 Å². The molecule has 2 fully saturated rings. The van der Waals surface area contributed by atoms with Gasteiger partial charge in [-0.25, -0.2) is 9.97 Å². The molecule has 2 aliphatic rings. The topological polar surface area (TPSA) is 45.4 Å². The highest BCUT2D eigenvalue weighted by atomic mass is 16.3. The van der Waals surface area contributed by atoms with Crippen LogP contribution >= 0.6 is 0 Å². The van der Waals surface area contributed by atoms with Gasteiger partial charge in [0, 0.05) is 37.4 Å². The van der Waals surface area contributed by atoms with Crippen LogP contribution in [-0.4, -0.2) is 41.0 Å². The second-order valence-corrected chi connectivity index (χ2v) is 7.05. The lowest BCUT2D eigenvalue weighted by Gasteiger charge is -2.40. The van der Waals surface area contributed by atoms with Crippen molar-refractivity contribution in [3.8, 4) is 0 Å². The number of hydrogen-bond donors (Lipinski definition) is 0. The fourth-order valence-corrected chi connectivity index (χ4v) is 4.12. The number of aromatic nitrogens is 2. The molecular weight excluding hydrogens is 288 g/mol. The minimum atomic E-state index is 0.388. The van der Waals surface area contributed by atoms with Crippen LogP contribution in [-0.2, 0) is 6.54 Å². The lowest BCUT2D eigenvalue weighted by molar-refractivity contribution is 0.208. The summed E-state index contributed by atoms with van der Waals surface area (Å²) < 4.78 is 5.74. The molecule has 0 N–H and O–H groups in total. The number of hydrogen-bond acceptors (Lipinski definition) is 5. The van der Waals surface area contributed by atoms with E-state index < -0.39 is 0 Å². The second-order valence-electron chi connectivity index (χ2n) is 7.05. The molecule has 0 aliphatic carbocycles. The van der Waals surface area contributed by atoms with E-state index in [1.165, 1.54) is 19.3 Å². The molecule has 1 atom stereocenters. The summed E-state index contributed by atoms with van der Waals surface area (Å²) in [5, 5.41) is 0. The van der Waals surface area contributed by atoms with Crippen LogP contribution in [0.15, 0.2) is 35.0 Å². The molecule has 122 valence electrons. The van der Waals surface area contributed by atoms with Gasteiger partial charge in [-0.05, 0) is 50.9 Å².